The van der Waals surface area contributed by atoms with E-state index in [1.807, 2.05) is 4.90 Å². The minimum atomic E-state index is -0.441. The number of nitro benzene ring substituents is 1. The number of nitrogens with one attached hydrogen (secondary N) is 1. The van der Waals surface area contributed by atoms with Gasteiger partial charge in [0.25, 0.3) is 5.69 Å². The number of nitro groups is 1. The molecule has 19 heavy (non-hydrogen) atoms. The van der Waals surface area contributed by atoms with Crippen LogP contribution in [0.5, 0.6) is 0 Å². The van der Waals surface area contributed by atoms with Gasteiger partial charge in [0.05, 0.1) is 4.92 Å². The van der Waals surface area contributed by atoms with Crippen LogP contribution in [0.2, 0.25) is 0 Å². The van der Waals surface area contributed by atoms with Crippen LogP contribution in [0.1, 0.15) is 0 Å². The molecule has 0 aromatic heterocycles. The average molecular weight is 277 g/mol. The van der Waals surface area contributed by atoms with E-state index in [-0.39, 0.29) is 5.69 Å². The maximum Gasteiger partial charge on any atom is 0.269 e. The third kappa shape index (κ3) is 4.51. The Hall–Kier alpha value is -2.21. The number of nitrogens with zero attached hydrogens (tertiary/aromatic N) is 2. The van der Waals surface area contributed by atoms with Crippen molar-refractivity contribution in [1.82, 2.24) is 4.90 Å². The molecular formula is C13H15N3O2S. The first kappa shape index (κ1) is 14.8. The molecule has 5 nitrogen and oxygen atoms in total. The van der Waals surface area contributed by atoms with E-state index in [1.54, 1.807) is 24.3 Å². The van der Waals surface area contributed by atoms with Gasteiger partial charge in [-0.05, 0) is 24.4 Å². The van der Waals surface area contributed by atoms with Gasteiger partial charge in [-0.1, -0.05) is 12.2 Å². The normalized spacial score (nSPS) is 9.47. The summed E-state index contributed by atoms with van der Waals surface area (Å²) in [7, 11) is 0. The minimum Gasteiger partial charge on any atom is -0.342 e. The predicted molar refractivity (Wildman–Crippen MR) is 81.3 cm³/mol. The molecule has 0 amide bonds. The van der Waals surface area contributed by atoms with E-state index < -0.39 is 4.92 Å². The minimum absolute atomic E-state index is 0.0468. The number of rotatable bonds is 6. The highest BCUT2D eigenvalue weighted by Gasteiger charge is 2.08. The third-order valence-electron chi connectivity index (χ3n) is 2.32. The lowest BCUT2D eigenvalue weighted by Crippen LogP contribution is -2.34. The maximum atomic E-state index is 10.5. The smallest absolute Gasteiger partial charge is 0.269 e. The molecule has 0 aliphatic carbocycles. The van der Waals surface area contributed by atoms with Crippen LogP contribution in [-0.2, 0) is 0 Å². The highest BCUT2D eigenvalue weighted by Crippen LogP contribution is 2.15. The molecule has 1 aromatic rings. The molecule has 0 radical (unpaired) electrons. The molecule has 6 heteroatoms. The van der Waals surface area contributed by atoms with Crippen molar-refractivity contribution in [3.8, 4) is 0 Å². The third-order valence-corrected chi connectivity index (χ3v) is 2.68. The van der Waals surface area contributed by atoms with E-state index in [2.05, 4.69) is 18.5 Å². The number of hydrogen-bond donors (Lipinski definition) is 1. The molecule has 0 heterocycles. The zero-order chi connectivity index (χ0) is 14.3. The van der Waals surface area contributed by atoms with Crippen molar-refractivity contribution in [3.63, 3.8) is 0 Å². The molecule has 1 rings (SSSR count). The zero-order valence-corrected chi connectivity index (χ0v) is 11.2. The summed E-state index contributed by atoms with van der Waals surface area (Å²) in [5, 5.41) is 14.1. The van der Waals surface area contributed by atoms with Crippen molar-refractivity contribution in [1.29, 1.82) is 0 Å². The van der Waals surface area contributed by atoms with Gasteiger partial charge < -0.3 is 10.2 Å². The SMILES string of the molecule is C=CCN(CC=C)C(=S)Nc1ccc([N+](=O)[O-])cc1. The van der Waals surface area contributed by atoms with Gasteiger partial charge in [0.1, 0.15) is 0 Å². The van der Waals surface area contributed by atoms with E-state index >= 15 is 0 Å². The van der Waals surface area contributed by atoms with Gasteiger partial charge in [-0.25, -0.2) is 0 Å². The fourth-order valence-corrected chi connectivity index (χ4v) is 1.69. The average Bonchev–Trinajstić information content (AvgIpc) is 2.39. The first-order chi connectivity index (χ1) is 9.08. The lowest BCUT2D eigenvalue weighted by atomic mass is 10.3. The van der Waals surface area contributed by atoms with Crippen molar-refractivity contribution in [2.24, 2.45) is 0 Å². The zero-order valence-electron chi connectivity index (χ0n) is 10.4. The van der Waals surface area contributed by atoms with Gasteiger partial charge in [0, 0.05) is 30.9 Å². The number of hydrogen-bond acceptors (Lipinski definition) is 3. The van der Waals surface area contributed by atoms with Crippen molar-refractivity contribution >= 4 is 28.7 Å². The highest BCUT2D eigenvalue weighted by atomic mass is 32.1. The Labute approximate surface area is 117 Å². The van der Waals surface area contributed by atoms with Gasteiger partial charge in [-0.2, -0.15) is 0 Å². The lowest BCUT2D eigenvalue weighted by Gasteiger charge is -2.22. The van der Waals surface area contributed by atoms with Crippen molar-refractivity contribution in [2.45, 2.75) is 0 Å². The second-order valence-corrected chi connectivity index (χ2v) is 4.10. The van der Waals surface area contributed by atoms with Gasteiger partial charge in [-0.3, -0.25) is 10.1 Å². The van der Waals surface area contributed by atoms with Crippen LogP contribution in [0, 0.1) is 10.1 Å². The van der Waals surface area contributed by atoms with E-state index in [0.717, 1.165) is 0 Å². The molecule has 0 fully saturated rings. The van der Waals surface area contributed by atoms with E-state index in [0.29, 0.717) is 23.9 Å². The Morgan fingerprint density at radius 3 is 2.26 bits per heavy atom. The summed E-state index contributed by atoms with van der Waals surface area (Å²) >= 11 is 5.26. The molecule has 0 saturated heterocycles. The van der Waals surface area contributed by atoms with E-state index in [4.69, 9.17) is 12.2 Å². The van der Waals surface area contributed by atoms with Gasteiger partial charge >= 0.3 is 0 Å². The first-order valence-corrected chi connectivity index (χ1v) is 6.01. The monoisotopic (exact) mass is 277 g/mol. The summed E-state index contributed by atoms with van der Waals surface area (Å²) in [6, 6.07) is 6.08. The van der Waals surface area contributed by atoms with Crippen LogP contribution in [-0.4, -0.2) is 28.0 Å². The van der Waals surface area contributed by atoms with E-state index in [9.17, 15) is 10.1 Å². The van der Waals surface area contributed by atoms with Gasteiger partial charge in [0.15, 0.2) is 5.11 Å². The number of benzene rings is 1. The number of thiocarbonyl (C=S) groups is 1. The lowest BCUT2D eigenvalue weighted by molar-refractivity contribution is -0.384. The summed E-state index contributed by atoms with van der Waals surface area (Å²) < 4.78 is 0. The molecule has 0 unspecified atom stereocenters. The molecule has 1 aromatic carbocycles. The number of anilines is 1. The highest BCUT2D eigenvalue weighted by molar-refractivity contribution is 7.80. The summed E-state index contributed by atoms with van der Waals surface area (Å²) in [5.74, 6) is 0. The second kappa shape index (κ2) is 7.27. The predicted octanol–water partition coefficient (Wildman–Crippen LogP) is 2.97. The molecule has 100 valence electrons. The van der Waals surface area contributed by atoms with Gasteiger partial charge in [0.2, 0.25) is 0 Å². The van der Waals surface area contributed by atoms with Crippen LogP contribution in [0.4, 0.5) is 11.4 Å². The Bertz CT molecular complexity index is 475. The summed E-state index contributed by atoms with van der Waals surface area (Å²) in [4.78, 5) is 12.0. The molecule has 0 aliphatic heterocycles. The van der Waals surface area contributed by atoms with E-state index in [1.165, 1.54) is 12.1 Å². The first-order valence-electron chi connectivity index (χ1n) is 5.60. The van der Waals surface area contributed by atoms with Crippen LogP contribution < -0.4 is 5.32 Å². The van der Waals surface area contributed by atoms with Crippen LogP contribution >= 0.6 is 12.2 Å². The quantitative estimate of drug-likeness (QED) is 0.375. The summed E-state index contributed by atoms with van der Waals surface area (Å²) in [6.07, 6.45) is 3.49. The van der Waals surface area contributed by atoms with Crippen LogP contribution in [0.15, 0.2) is 49.6 Å². The van der Waals surface area contributed by atoms with Crippen LogP contribution in [0.3, 0.4) is 0 Å². The molecule has 0 saturated carbocycles. The van der Waals surface area contributed by atoms with Crippen molar-refractivity contribution in [3.05, 3.63) is 59.7 Å². The molecular weight excluding hydrogens is 262 g/mol. The largest absolute Gasteiger partial charge is 0.342 e. The second-order valence-electron chi connectivity index (χ2n) is 3.72. The maximum absolute atomic E-state index is 10.5. The molecule has 0 aliphatic rings. The molecule has 0 bridgehead atoms. The summed E-state index contributed by atoms with van der Waals surface area (Å²) in [5.41, 5.74) is 0.749. The molecule has 1 N–H and O–H groups in total. The Balaban J connectivity index is 2.71. The molecule has 0 atom stereocenters. The Morgan fingerprint density at radius 1 is 1.32 bits per heavy atom. The van der Waals surface area contributed by atoms with Crippen LogP contribution in [0.25, 0.3) is 0 Å². The fraction of sp³-hybridized carbons (Fsp3) is 0.154. The summed E-state index contributed by atoms with van der Waals surface area (Å²) in [6.45, 7) is 8.53. The Morgan fingerprint density at radius 2 is 1.84 bits per heavy atom. The topological polar surface area (TPSA) is 58.4 Å². The Kier molecular flexibility index (Phi) is 5.69. The molecule has 0 spiro atoms. The van der Waals surface area contributed by atoms with Crippen molar-refractivity contribution in [2.75, 3.05) is 18.4 Å². The van der Waals surface area contributed by atoms with Gasteiger partial charge in [-0.15, -0.1) is 13.2 Å². The standard InChI is InChI=1S/C13H15N3O2S/c1-3-9-15(10-4-2)13(19)14-11-5-7-12(8-6-11)16(17)18/h3-8H,1-2,9-10H2,(H,14,19). The van der Waals surface area contributed by atoms with Crippen molar-refractivity contribution < 1.29 is 4.92 Å². The fourth-order valence-electron chi connectivity index (χ4n) is 1.42. The number of non-ortho nitro benzene ring substituents is 1.